The molecule has 10 aromatic carbocycles. The summed E-state index contributed by atoms with van der Waals surface area (Å²) in [5, 5.41) is 6.31. The summed E-state index contributed by atoms with van der Waals surface area (Å²) in [7, 11) is 2.46. The van der Waals surface area contributed by atoms with E-state index in [1.54, 1.807) is 0 Å². The molecule has 10 aromatic rings. The first-order valence-corrected chi connectivity index (χ1v) is 21.5. The lowest BCUT2D eigenvalue weighted by Crippen LogP contribution is -2.47. The standard InChI is InChI=1S/C59H38BN2/c1-3-16-38(17-4-1)40-30-32-44(33-31-40)61-54-36-42-21-8-7-20-41(42)34-47(54)48-35-43(39-18-5-2-6-19-39)37-56-57(48)60-53-28-15-27-52-58(53)62(56)55-29-14-13-26-51(55)59(52)49-24-11-9-22-45(49)46-23-10-12-25-50(46)59/h1-37,61H. The largest absolute Gasteiger partial charge is 0.355 e. The number of hydrogen-bond donors (Lipinski definition) is 1. The molecule has 0 saturated heterocycles. The topological polar surface area (TPSA) is 15.3 Å². The van der Waals surface area contributed by atoms with Gasteiger partial charge in [0.1, 0.15) is 0 Å². The number of benzene rings is 10. The number of rotatable bonds is 5. The predicted molar refractivity (Wildman–Crippen MR) is 261 cm³/mol. The Balaban J connectivity index is 1.06. The van der Waals surface area contributed by atoms with Gasteiger partial charge in [-0.3, -0.25) is 0 Å². The normalized spacial score (nSPS) is 13.4. The molecule has 2 heterocycles. The SMILES string of the molecule is [B]1c2cccc3c2N(c2ccccc2C32c3ccccc3-c3ccccc32)c2cc(-c3ccccc3)cc(-c3cc4ccccc4cc3Nc3ccc(-c4ccccc4)cc3)c21. The Morgan fingerprint density at radius 2 is 0.935 bits per heavy atom. The fourth-order valence-corrected chi connectivity index (χ4v) is 10.8. The van der Waals surface area contributed by atoms with Gasteiger partial charge in [-0.25, -0.2) is 0 Å². The monoisotopic (exact) mass is 785 g/mol. The van der Waals surface area contributed by atoms with E-state index in [4.69, 9.17) is 0 Å². The number of nitrogens with zero attached hydrogens (tertiary/aromatic N) is 1. The van der Waals surface area contributed by atoms with Crippen molar-refractivity contribution >= 4 is 57.4 Å². The van der Waals surface area contributed by atoms with Crippen molar-refractivity contribution in [1.82, 2.24) is 0 Å². The van der Waals surface area contributed by atoms with Crippen LogP contribution in [0.25, 0.3) is 55.3 Å². The zero-order chi connectivity index (χ0) is 40.8. The molecule has 287 valence electrons. The van der Waals surface area contributed by atoms with Gasteiger partial charge in [-0.2, -0.15) is 0 Å². The highest BCUT2D eigenvalue weighted by atomic mass is 15.2. The second kappa shape index (κ2) is 13.6. The molecule has 13 rings (SSSR count). The average molecular weight is 786 g/mol. The summed E-state index contributed by atoms with van der Waals surface area (Å²) in [6.07, 6.45) is 0. The minimum atomic E-state index is -0.470. The lowest BCUT2D eigenvalue weighted by Gasteiger charge is -2.48. The summed E-state index contributed by atoms with van der Waals surface area (Å²) in [6.45, 7) is 0. The molecule has 1 N–H and O–H groups in total. The van der Waals surface area contributed by atoms with Crippen molar-refractivity contribution in [2.75, 3.05) is 10.2 Å². The van der Waals surface area contributed by atoms with Gasteiger partial charge in [0.15, 0.2) is 7.28 Å². The third kappa shape index (κ3) is 5.06. The van der Waals surface area contributed by atoms with Gasteiger partial charge in [0.2, 0.25) is 0 Å². The van der Waals surface area contributed by atoms with Crippen LogP contribution in [0.4, 0.5) is 28.4 Å². The molecular weight excluding hydrogens is 747 g/mol. The second-order valence-corrected chi connectivity index (χ2v) is 16.7. The summed E-state index contributed by atoms with van der Waals surface area (Å²) >= 11 is 0. The van der Waals surface area contributed by atoms with Crippen molar-refractivity contribution < 1.29 is 0 Å². The molecule has 1 spiro atoms. The molecule has 3 heteroatoms. The molecule has 0 atom stereocenters. The Kier molecular flexibility index (Phi) is 7.65. The first-order valence-electron chi connectivity index (χ1n) is 21.5. The molecule has 0 saturated carbocycles. The van der Waals surface area contributed by atoms with Crippen LogP contribution >= 0.6 is 0 Å². The highest BCUT2D eigenvalue weighted by molar-refractivity contribution is 6.73. The van der Waals surface area contributed by atoms with Crippen LogP contribution < -0.4 is 21.1 Å². The molecule has 0 aromatic heterocycles. The van der Waals surface area contributed by atoms with Crippen molar-refractivity contribution in [2.45, 2.75) is 5.41 Å². The van der Waals surface area contributed by atoms with E-state index in [2.05, 4.69) is 242 Å². The van der Waals surface area contributed by atoms with Crippen LogP contribution in [0.5, 0.6) is 0 Å². The quantitative estimate of drug-likeness (QED) is 0.175. The molecule has 0 fully saturated rings. The molecule has 62 heavy (non-hydrogen) atoms. The zero-order valence-corrected chi connectivity index (χ0v) is 33.9. The Morgan fingerprint density at radius 3 is 1.65 bits per heavy atom. The Labute approximate surface area is 362 Å². The van der Waals surface area contributed by atoms with Crippen molar-refractivity contribution in [3.8, 4) is 44.5 Å². The van der Waals surface area contributed by atoms with E-state index in [0.717, 1.165) is 16.9 Å². The molecular formula is C59H38BN2. The molecule has 2 nitrogen and oxygen atoms in total. The van der Waals surface area contributed by atoms with Gasteiger partial charge < -0.3 is 10.2 Å². The molecule has 0 unspecified atom stereocenters. The Hall–Kier alpha value is -7.88. The average Bonchev–Trinajstić information content (AvgIpc) is 3.63. The van der Waals surface area contributed by atoms with Crippen LogP contribution in [0.15, 0.2) is 224 Å². The van der Waals surface area contributed by atoms with E-state index in [1.165, 1.54) is 100.0 Å². The maximum atomic E-state index is 3.91. The van der Waals surface area contributed by atoms with Crippen LogP contribution in [-0.4, -0.2) is 7.28 Å². The summed E-state index contributed by atoms with van der Waals surface area (Å²) in [5.74, 6) is 0. The van der Waals surface area contributed by atoms with Gasteiger partial charge in [-0.05, 0) is 120 Å². The second-order valence-electron chi connectivity index (χ2n) is 16.7. The first-order chi connectivity index (χ1) is 30.7. The van der Waals surface area contributed by atoms with Crippen LogP contribution in [-0.2, 0) is 5.41 Å². The maximum absolute atomic E-state index is 3.91. The number of hydrogen-bond acceptors (Lipinski definition) is 2. The van der Waals surface area contributed by atoms with E-state index in [0.29, 0.717) is 0 Å². The van der Waals surface area contributed by atoms with E-state index in [9.17, 15) is 0 Å². The summed E-state index contributed by atoms with van der Waals surface area (Å²) in [4.78, 5) is 2.58. The molecule has 0 amide bonds. The Bertz CT molecular complexity index is 3360. The van der Waals surface area contributed by atoms with E-state index >= 15 is 0 Å². The van der Waals surface area contributed by atoms with E-state index in [-0.39, 0.29) is 0 Å². The van der Waals surface area contributed by atoms with Gasteiger partial charge >= 0.3 is 0 Å². The molecule has 0 bridgehead atoms. The number of fused-ring (bicyclic) bond motifs is 12. The highest BCUT2D eigenvalue weighted by Gasteiger charge is 2.52. The van der Waals surface area contributed by atoms with Gasteiger partial charge in [0.25, 0.3) is 0 Å². The number of para-hydroxylation sites is 2. The van der Waals surface area contributed by atoms with Crippen molar-refractivity contribution in [2.24, 2.45) is 0 Å². The van der Waals surface area contributed by atoms with Gasteiger partial charge in [-0.15, -0.1) is 0 Å². The van der Waals surface area contributed by atoms with Gasteiger partial charge in [0.05, 0.1) is 11.1 Å². The first kappa shape index (κ1) is 34.9. The number of nitrogens with one attached hydrogen (secondary N) is 1. The number of anilines is 5. The van der Waals surface area contributed by atoms with Gasteiger partial charge in [0, 0.05) is 28.3 Å². The Morgan fingerprint density at radius 1 is 0.371 bits per heavy atom. The molecule has 1 radical (unpaired) electrons. The molecule has 1 aliphatic carbocycles. The minimum absolute atomic E-state index is 0.470. The van der Waals surface area contributed by atoms with Gasteiger partial charge in [-0.1, -0.05) is 187 Å². The van der Waals surface area contributed by atoms with E-state index in [1.807, 2.05) is 0 Å². The highest BCUT2D eigenvalue weighted by Crippen LogP contribution is 2.63. The molecule has 3 aliphatic rings. The lowest BCUT2D eigenvalue weighted by atomic mass is 9.54. The van der Waals surface area contributed by atoms with Crippen molar-refractivity contribution in [3.63, 3.8) is 0 Å². The fourth-order valence-electron chi connectivity index (χ4n) is 10.8. The fraction of sp³-hybridized carbons (Fsp3) is 0.0169. The third-order valence-electron chi connectivity index (χ3n) is 13.4. The van der Waals surface area contributed by atoms with Crippen molar-refractivity contribution in [1.29, 1.82) is 0 Å². The van der Waals surface area contributed by atoms with Crippen LogP contribution in [0, 0.1) is 0 Å². The third-order valence-corrected chi connectivity index (χ3v) is 13.4. The lowest BCUT2D eigenvalue weighted by molar-refractivity contribution is 0.754. The maximum Gasteiger partial charge on any atom is 0.197 e. The van der Waals surface area contributed by atoms with Crippen molar-refractivity contribution in [3.05, 3.63) is 247 Å². The zero-order valence-electron chi connectivity index (χ0n) is 33.9. The summed E-state index contributed by atoms with van der Waals surface area (Å²) in [5.41, 5.74) is 22.7. The van der Waals surface area contributed by atoms with Crippen LogP contribution in [0.2, 0.25) is 0 Å². The summed E-state index contributed by atoms with van der Waals surface area (Å²) in [6, 6.07) is 82.7. The van der Waals surface area contributed by atoms with E-state index < -0.39 is 5.41 Å². The van der Waals surface area contributed by atoms with Crippen LogP contribution in [0.3, 0.4) is 0 Å². The summed E-state index contributed by atoms with van der Waals surface area (Å²) < 4.78 is 0. The minimum Gasteiger partial charge on any atom is -0.355 e. The van der Waals surface area contributed by atoms with Crippen LogP contribution in [0.1, 0.15) is 22.3 Å². The smallest absolute Gasteiger partial charge is 0.197 e. The molecule has 2 aliphatic heterocycles. The predicted octanol–water partition coefficient (Wildman–Crippen LogP) is 13.7.